The summed E-state index contributed by atoms with van der Waals surface area (Å²) in [7, 11) is 0. The summed E-state index contributed by atoms with van der Waals surface area (Å²) in [6.07, 6.45) is 3.71. The molecule has 0 aromatic carbocycles. The average Bonchev–Trinajstić information content (AvgIpc) is 2.34. The monoisotopic (exact) mass is 262 g/mol. The largest absolute Gasteiger partial charge is 0.335 e. The fraction of sp³-hybridized carbons (Fsp3) is 0.643. The molecule has 0 spiro atoms. The van der Waals surface area contributed by atoms with Gasteiger partial charge < -0.3 is 10.2 Å². The molecule has 1 aromatic heterocycles. The van der Waals surface area contributed by atoms with E-state index < -0.39 is 0 Å². The molecule has 1 fully saturated rings. The number of nitrogens with one attached hydrogen (secondary N) is 1. The second-order valence-electron chi connectivity index (χ2n) is 5.37. The standard InChI is InChI=1S/C14H22N4O/c1-10(2)16-13-5-4-8-18(14(13)19)9-12-6-7-15-11(3)17-12/h6-7,10,13,16H,4-5,8-9H2,1-3H3. The van der Waals surface area contributed by atoms with Crippen LogP contribution < -0.4 is 5.32 Å². The van der Waals surface area contributed by atoms with E-state index in [0.717, 1.165) is 30.9 Å². The molecule has 2 rings (SSSR count). The zero-order valence-corrected chi connectivity index (χ0v) is 11.9. The van der Waals surface area contributed by atoms with E-state index in [1.165, 1.54) is 0 Å². The highest BCUT2D eigenvalue weighted by molar-refractivity contribution is 5.82. The highest BCUT2D eigenvalue weighted by atomic mass is 16.2. The maximum absolute atomic E-state index is 12.4. The van der Waals surface area contributed by atoms with Gasteiger partial charge in [0.2, 0.25) is 5.91 Å². The van der Waals surface area contributed by atoms with Gasteiger partial charge in [0.05, 0.1) is 18.3 Å². The summed E-state index contributed by atoms with van der Waals surface area (Å²) < 4.78 is 0. The number of aryl methyl sites for hydroxylation is 1. The van der Waals surface area contributed by atoms with Crippen LogP contribution in [0.1, 0.15) is 38.2 Å². The Morgan fingerprint density at radius 1 is 1.53 bits per heavy atom. The van der Waals surface area contributed by atoms with Crippen LogP contribution in [0.5, 0.6) is 0 Å². The van der Waals surface area contributed by atoms with Gasteiger partial charge in [-0.3, -0.25) is 4.79 Å². The maximum atomic E-state index is 12.4. The Balaban J connectivity index is 2.01. The van der Waals surface area contributed by atoms with E-state index in [1.807, 2.05) is 17.9 Å². The molecule has 104 valence electrons. The summed E-state index contributed by atoms with van der Waals surface area (Å²) >= 11 is 0. The summed E-state index contributed by atoms with van der Waals surface area (Å²) in [4.78, 5) is 22.7. The summed E-state index contributed by atoms with van der Waals surface area (Å²) in [6, 6.07) is 2.16. The predicted octanol–water partition coefficient (Wildman–Crippen LogP) is 1.27. The lowest BCUT2D eigenvalue weighted by atomic mass is 10.0. The molecule has 1 aromatic rings. The highest BCUT2D eigenvalue weighted by Gasteiger charge is 2.28. The number of hydrogen-bond acceptors (Lipinski definition) is 4. The van der Waals surface area contributed by atoms with Crippen molar-refractivity contribution in [3.05, 3.63) is 23.8 Å². The fourth-order valence-electron chi connectivity index (χ4n) is 2.44. The van der Waals surface area contributed by atoms with Gasteiger partial charge in [0.25, 0.3) is 0 Å². The maximum Gasteiger partial charge on any atom is 0.240 e. The number of amides is 1. The Kier molecular flexibility index (Phi) is 4.47. The summed E-state index contributed by atoms with van der Waals surface area (Å²) in [5.41, 5.74) is 0.908. The molecule has 1 N–H and O–H groups in total. The van der Waals surface area contributed by atoms with E-state index >= 15 is 0 Å². The Hall–Kier alpha value is -1.49. The van der Waals surface area contributed by atoms with Crippen molar-refractivity contribution in [2.45, 2.75) is 52.2 Å². The summed E-state index contributed by atoms with van der Waals surface area (Å²) in [5.74, 6) is 0.940. The quantitative estimate of drug-likeness (QED) is 0.888. The zero-order valence-electron chi connectivity index (χ0n) is 11.9. The normalized spacial score (nSPS) is 20.1. The smallest absolute Gasteiger partial charge is 0.240 e. The number of aromatic nitrogens is 2. The topological polar surface area (TPSA) is 58.1 Å². The van der Waals surface area contributed by atoms with Crippen molar-refractivity contribution in [1.29, 1.82) is 0 Å². The number of piperidine rings is 1. The van der Waals surface area contributed by atoms with Gasteiger partial charge in [-0.05, 0) is 25.8 Å². The number of carbonyl (C=O) groups excluding carboxylic acids is 1. The molecular formula is C14H22N4O. The van der Waals surface area contributed by atoms with Crippen molar-refractivity contribution in [2.75, 3.05) is 6.54 Å². The van der Waals surface area contributed by atoms with Crippen LogP contribution in [-0.2, 0) is 11.3 Å². The van der Waals surface area contributed by atoms with Gasteiger partial charge in [-0.1, -0.05) is 13.8 Å². The number of rotatable bonds is 4. The van der Waals surface area contributed by atoms with E-state index in [0.29, 0.717) is 12.6 Å². The van der Waals surface area contributed by atoms with Crippen molar-refractivity contribution >= 4 is 5.91 Å². The summed E-state index contributed by atoms with van der Waals surface area (Å²) in [5, 5.41) is 3.33. The molecule has 0 saturated carbocycles. The van der Waals surface area contributed by atoms with E-state index in [4.69, 9.17) is 0 Å². The molecule has 1 saturated heterocycles. The van der Waals surface area contributed by atoms with E-state index in [2.05, 4.69) is 29.1 Å². The minimum Gasteiger partial charge on any atom is -0.335 e. The predicted molar refractivity (Wildman–Crippen MR) is 73.5 cm³/mol. The van der Waals surface area contributed by atoms with Crippen molar-refractivity contribution < 1.29 is 4.79 Å². The third kappa shape index (κ3) is 3.73. The fourth-order valence-corrected chi connectivity index (χ4v) is 2.44. The van der Waals surface area contributed by atoms with Gasteiger partial charge in [0.15, 0.2) is 0 Å². The van der Waals surface area contributed by atoms with Gasteiger partial charge in [-0.25, -0.2) is 9.97 Å². The molecule has 5 nitrogen and oxygen atoms in total. The van der Waals surface area contributed by atoms with Crippen LogP contribution in [0.25, 0.3) is 0 Å². The minimum absolute atomic E-state index is 0.0447. The van der Waals surface area contributed by atoms with Crippen molar-refractivity contribution in [1.82, 2.24) is 20.2 Å². The van der Waals surface area contributed by atoms with E-state index in [-0.39, 0.29) is 11.9 Å². The van der Waals surface area contributed by atoms with Crippen LogP contribution >= 0.6 is 0 Å². The lowest BCUT2D eigenvalue weighted by molar-refractivity contribution is -0.136. The SMILES string of the molecule is Cc1nccc(CN2CCCC(NC(C)C)C2=O)n1. The van der Waals surface area contributed by atoms with Crippen molar-refractivity contribution in [3.8, 4) is 0 Å². The van der Waals surface area contributed by atoms with Crippen molar-refractivity contribution in [3.63, 3.8) is 0 Å². The van der Waals surface area contributed by atoms with Crippen LogP contribution in [0.2, 0.25) is 0 Å². The van der Waals surface area contributed by atoms with Gasteiger partial charge in [0, 0.05) is 18.8 Å². The van der Waals surface area contributed by atoms with Crippen LogP contribution in [0.3, 0.4) is 0 Å². The van der Waals surface area contributed by atoms with Gasteiger partial charge >= 0.3 is 0 Å². The molecule has 1 atom stereocenters. The molecule has 0 radical (unpaired) electrons. The molecular weight excluding hydrogens is 240 g/mol. The van der Waals surface area contributed by atoms with Crippen LogP contribution in [0, 0.1) is 6.92 Å². The first-order valence-electron chi connectivity index (χ1n) is 6.89. The molecule has 0 bridgehead atoms. The highest BCUT2D eigenvalue weighted by Crippen LogP contribution is 2.14. The van der Waals surface area contributed by atoms with Gasteiger partial charge in [0.1, 0.15) is 5.82 Å². The van der Waals surface area contributed by atoms with E-state index in [1.54, 1.807) is 6.20 Å². The van der Waals surface area contributed by atoms with Crippen molar-refractivity contribution in [2.24, 2.45) is 0 Å². The second kappa shape index (κ2) is 6.10. The molecule has 2 heterocycles. The van der Waals surface area contributed by atoms with Crippen LogP contribution in [-0.4, -0.2) is 39.4 Å². The third-order valence-electron chi connectivity index (χ3n) is 3.25. The number of hydrogen-bond donors (Lipinski definition) is 1. The molecule has 19 heavy (non-hydrogen) atoms. The first-order valence-corrected chi connectivity index (χ1v) is 6.89. The van der Waals surface area contributed by atoms with Crippen LogP contribution in [0.4, 0.5) is 0 Å². The Labute approximate surface area is 114 Å². The lowest BCUT2D eigenvalue weighted by Gasteiger charge is -2.33. The second-order valence-corrected chi connectivity index (χ2v) is 5.37. The average molecular weight is 262 g/mol. The van der Waals surface area contributed by atoms with Gasteiger partial charge in [-0.2, -0.15) is 0 Å². The Morgan fingerprint density at radius 3 is 3.00 bits per heavy atom. The molecule has 1 unspecified atom stereocenters. The molecule has 0 aliphatic carbocycles. The van der Waals surface area contributed by atoms with Crippen LogP contribution in [0.15, 0.2) is 12.3 Å². The summed E-state index contributed by atoms with van der Waals surface area (Å²) in [6.45, 7) is 7.40. The molecule has 1 amide bonds. The third-order valence-corrected chi connectivity index (χ3v) is 3.25. The number of carbonyl (C=O) groups is 1. The molecule has 5 heteroatoms. The Morgan fingerprint density at radius 2 is 2.32 bits per heavy atom. The first-order chi connectivity index (χ1) is 9.06. The minimum atomic E-state index is -0.0447. The molecule has 1 aliphatic heterocycles. The Bertz CT molecular complexity index is 447. The molecule has 1 aliphatic rings. The lowest BCUT2D eigenvalue weighted by Crippen LogP contribution is -2.52. The first kappa shape index (κ1) is 13.9. The number of nitrogens with zero attached hydrogens (tertiary/aromatic N) is 3. The number of likely N-dealkylation sites (tertiary alicyclic amines) is 1. The zero-order chi connectivity index (χ0) is 13.8. The van der Waals surface area contributed by atoms with Gasteiger partial charge in [-0.15, -0.1) is 0 Å². The van der Waals surface area contributed by atoms with E-state index in [9.17, 15) is 4.79 Å².